The molecule has 0 aromatic heterocycles. The number of anilines is 1. The van der Waals surface area contributed by atoms with Crippen LogP contribution >= 0.6 is 0 Å². The molecule has 0 unspecified atom stereocenters. The normalized spacial score (nSPS) is 14.2. The van der Waals surface area contributed by atoms with Gasteiger partial charge in [-0.3, -0.25) is 19.7 Å². The van der Waals surface area contributed by atoms with Crippen LogP contribution in [0.3, 0.4) is 0 Å². The molecule has 1 saturated heterocycles. The average molecular weight is 410 g/mol. The second-order valence-corrected chi connectivity index (χ2v) is 7.51. The Kier molecular flexibility index (Phi) is 7.00. The van der Waals surface area contributed by atoms with Gasteiger partial charge in [0.25, 0.3) is 17.5 Å². The van der Waals surface area contributed by atoms with E-state index in [0.29, 0.717) is 17.2 Å². The quantitative estimate of drug-likeness (QED) is 0.415. The first-order chi connectivity index (χ1) is 14.5. The molecule has 2 aromatic rings. The van der Waals surface area contributed by atoms with Crippen LogP contribution in [0.15, 0.2) is 48.5 Å². The van der Waals surface area contributed by atoms with Gasteiger partial charge >= 0.3 is 0 Å². The minimum absolute atomic E-state index is 0.0606. The van der Waals surface area contributed by atoms with Crippen LogP contribution in [0.1, 0.15) is 40.5 Å². The molecule has 0 aliphatic carbocycles. The first-order valence-corrected chi connectivity index (χ1v) is 10.1. The maximum atomic E-state index is 12.4. The van der Waals surface area contributed by atoms with E-state index in [2.05, 4.69) is 17.6 Å². The van der Waals surface area contributed by atoms with Gasteiger partial charge in [0.2, 0.25) is 0 Å². The number of carbonyl (C=O) groups excluding carboxylic acids is 2. The maximum Gasteiger partial charge on any atom is 0.293 e. The van der Waals surface area contributed by atoms with Gasteiger partial charge in [-0.1, -0.05) is 25.1 Å². The monoisotopic (exact) mass is 410 g/mol. The van der Waals surface area contributed by atoms with Crippen LogP contribution < -0.4 is 15.5 Å². The molecule has 3 rings (SSSR count). The van der Waals surface area contributed by atoms with Crippen LogP contribution in [-0.4, -0.2) is 42.9 Å². The van der Waals surface area contributed by atoms with Gasteiger partial charge in [-0.15, -0.1) is 0 Å². The summed E-state index contributed by atoms with van der Waals surface area (Å²) < 4.78 is 0. The molecule has 8 heteroatoms. The molecule has 1 fully saturated rings. The Bertz CT molecular complexity index is 909. The van der Waals surface area contributed by atoms with Crippen molar-refractivity contribution in [2.75, 3.05) is 31.1 Å². The lowest BCUT2D eigenvalue weighted by Crippen LogP contribution is -2.35. The number of hydrogen-bond donors (Lipinski definition) is 2. The number of benzene rings is 2. The Hall–Kier alpha value is -3.42. The van der Waals surface area contributed by atoms with Crippen molar-refractivity contribution in [1.82, 2.24) is 10.6 Å². The van der Waals surface area contributed by atoms with Gasteiger partial charge in [-0.05, 0) is 43.0 Å². The van der Waals surface area contributed by atoms with E-state index in [4.69, 9.17) is 0 Å². The molecule has 0 atom stereocenters. The highest BCUT2D eigenvalue weighted by molar-refractivity contribution is 5.96. The van der Waals surface area contributed by atoms with Crippen molar-refractivity contribution < 1.29 is 14.5 Å². The Morgan fingerprint density at radius 3 is 2.20 bits per heavy atom. The van der Waals surface area contributed by atoms with E-state index in [1.807, 2.05) is 11.0 Å². The van der Waals surface area contributed by atoms with Gasteiger partial charge in [0, 0.05) is 43.4 Å². The summed E-state index contributed by atoms with van der Waals surface area (Å²) in [5, 5.41) is 17.0. The number of nitrogens with zero attached hydrogens (tertiary/aromatic N) is 2. The highest BCUT2D eigenvalue weighted by atomic mass is 16.6. The van der Waals surface area contributed by atoms with E-state index in [9.17, 15) is 19.7 Å². The van der Waals surface area contributed by atoms with E-state index < -0.39 is 10.8 Å². The Morgan fingerprint density at radius 2 is 1.60 bits per heavy atom. The fourth-order valence-electron chi connectivity index (χ4n) is 3.47. The summed E-state index contributed by atoms with van der Waals surface area (Å²) in [5.74, 6) is -0.0145. The van der Waals surface area contributed by atoms with Gasteiger partial charge in [-0.25, -0.2) is 0 Å². The molecular weight excluding hydrogens is 384 g/mol. The van der Waals surface area contributed by atoms with Crippen molar-refractivity contribution in [2.45, 2.75) is 19.8 Å². The molecule has 0 spiro atoms. The lowest BCUT2D eigenvalue weighted by molar-refractivity contribution is -0.384. The standard InChI is InChI=1S/C22H26N4O4/c1-16-9-13-25(14-10-16)19-8-7-18(15-20(19)26(29)30)22(28)24-12-11-23-21(27)17-5-3-2-4-6-17/h2-8,15-16H,9-14H2,1H3,(H,23,27)(H,24,28). The van der Waals surface area contributed by atoms with Crippen molar-refractivity contribution in [3.63, 3.8) is 0 Å². The van der Waals surface area contributed by atoms with Crippen molar-refractivity contribution in [1.29, 1.82) is 0 Å². The third-order valence-corrected chi connectivity index (χ3v) is 5.29. The van der Waals surface area contributed by atoms with Crippen LogP contribution in [-0.2, 0) is 0 Å². The summed E-state index contributed by atoms with van der Waals surface area (Å²) in [7, 11) is 0. The van der Waals surface area contributed by atoms with Crippen molar-refractivity contribution in [3.8, 4) is 0 Å². The predicted molar refractivity (Wildman–Crippen MR) is 115 cm³/mol. The van der Waals surface area contributed by atoms with Crippen LogP contribution in [0.4, 0.5) is 11.4 Å². The third kappa shape index (κ3) is 5.34. The Labute approximate surface area is 175 Å². The van der Waals surface area contributed by atoms with Crippen molar-refractivity contribution in [3.05, 3.63) is 69.8 Å². The number of amides is 2. The van der Waals surface area contributed by atoms with Gasteiger partial charge in [-0.2, -0.15) is 0 Å². The number of carbonyl (C=O) groups is 2. The molecule has 0 saturated carbocycles. The molecule has 1 aliphatic heterocycles. The lowest BCUT2D eigenvalue weighted by Gasteiger charge is -2.31. The minimum atomic E-state index is -0.440. The topological polar surface area (TPSA) is 105 Å². The van der Waals surface area contributed by atoms with E-state index in [-0.39, 0.29) is 30.2 Å². The predicted octanol–water partition coefficient (Wildman–Crippen LogP) is 2.99. The van der Waals surface area contributed by atoms with Crippen LogP contribution in [0.25, 0.3) is 0 Å². The largest absolute Gasteiger partial charge is 0.366 e. The van der Waals surface area contributed by atoms with Gasteiger partial charge < -0.3 is 15.5 Å². The molecule has 0 bridgehead atoms. The summed E-state index contributed by atoms with van der Waals surface area (Å²) in [6.07, 6.45) is 1.99. The third-order valence-electron chi connectivity index (χ3n) is 5.29. The SMILES string of the molecule is CC1CCN(c2ccc(C(=O)NCCNC(=O)c3ccccc3)cc2[N+](=O)[O-])CC1. The molecule has 158 valence electrons. The summed E-state index contributed by atoms with van der Waals surface area (Å²) in [4.78, 5) is 37.5. The summed E-state index contributed by atoms with van der Waals surface area (Å²) in [5.41, 5.74) is 1.26. The number of nitrogens with one attached hydrogen (secondary N) is 2. The highest BCUT2D eigenvalue weighted by Crippen LogP contribution is 2.32. The molecule has 2 amide bonds. The highest BCUT2D eigenvalue weighted by Gasteiger charge is 2.24. The molecule has 1 aliphatic rings. The van der Waals surface area contributed by atoms with Gasteiger partial charge in [0.1, 0.15) is 5.69 Å². The van der Waals surface area contributed by atoms with E-state index in [0.717, 1.165) is 25.9 Å². The van der Waals surface area contributed by atoms with Crippen LogP contribution in [0.2, 0.25) is 0 Å². The summed E-state index contributed by atoms with van der Waals surface area (Å²) >= 11 is 0. The van der Waals surface area contributed by atoms with E-state index in [1.54, 1.807) is 36.4 Å². The van der Waals surface area contributed by atoms with Crippen molar-refractivity contribution in [2.24, 2.45) is 5.92 Å². The minimum Gasteiger partial charge on any atom is -0.366 e. The number of piperidine rings is 1. The molecule has 0 radical (unpaired) electrons. The van der Waals surface area contributed by atoms with Crippen LogP contribution in [0.5, 0.6) is 0 Å². The van der Waals surface area contributed by atoms with Gasteiger partial charge in [0.05, 0.1) is 4.92 Å². The molecule has 2 N–H and O–H groups in total. The molecule has 1 heterocycles. The smallest absolute Gasteiger partial charge is 0.293 e. The molecule has 30 heavy (non-hydrogen) atoms. The number of nitro groups is 1. The van der Waals surface area contributed by atoms with Crippen LogP contribution in [0, 0.1) is 16.0 Å². The fourth-order valence-corrected chi connectivity index (χ4v) is 3.47. The summed E-state index contributed by atoms with van der Waals surface area (Å²) in [6, 6.07) is 13.4. The second kappa shape index (κ2) is 9.87. The second-order valence-electron chi connectivity index (χ2n) is 7.51. The number of nitro benzene ring substituents is 1. The molecule has 2 aromatic carbocycles. The first-order valence-electron chi connectivity index (χ1n) is 10.1. The summed E-state index contributed by atoms with van der Waals surface area (Å²) in [6.45, 7) is 4.20. The zero-order valence-electron chi connectivity index (χ0n) is 17.0. The van der Waals surface area contributed by atoms with E-state index in [1.165, 1.54) is 6.07 Å². The van der Waals surface area contributed by atoms with E-state index >= 15 is 0 Å². The first kappa shape index (κ1) is 21.3. The molecular formula is C22H26N4O4. The van der Waals surface area contributed by atoms with Gasteiger partial charge in [0.15, 0.2) is 0 Å². The fraction of sp³-hybridized carbons (Fsp3) is 0.364. The zero-order valence-corrected chi connectivity index (χ0v) is 17.0. The number of hydrogen-bond acceptors (Lipinski definition) is 5. The maximum absolute atomic E-state index is 12.4. The zero-order chi connectivity index (χ0) is 21.5. The Morgan fingerprint density at radius 1 is 1.00 bits per heavy atom. The average Bonchev–Trinajstić information content (AvgIpc) is 2.77. The number of rotatable bonds is 7. The Balaban J connectivity index is 1.57. The van der Waals surface area contributed by atoms with Crippen molar-refractivity contribution >= 4 is 23.2 Å². The lowest BCUT2D eigenvalue weighted by atomic mass is 9.98. The molecule has 8 nitrogen and oxygen atoms in total.